The Bertz CT molecular complexity index is 1710. The van der Waals surface area contributed by atoms with E-state index in [1.165, 1.54) is 35.6 Å². The largest absolute Gasteiger partial charge is 0.506 e. The van der Waals surface area contributed by atoms with Crippen LogP contribution in [0.3, 0.4) is 0 Å². The van der Waals surface area contributed by atoms with Crippen LogP contribution in [0.25, 0.3) is 0 Å². The normalized spacial score (nSPS) is 17.5. The SMILES string of the molecule is CC1(C)CC(=O)C2=C(C1)Nc1c(O)cccc1N(C(=O)c1ccncn1)C2c1ccc(OCc2ccccc2)cc1F. The Hall–Kier alpha value is -5.05. The fraction of sp³-hybridized carbons (Fsp3) is 0.212. The fourth-order valence-corrected chi connectivity index (χ4v) is 5.66. The Morgan fingerprint density at radius 2 is 1.90 bits per heavy atom. The van der Waals surface area contributed by atoms with Crippen molar-refractivity contribution in [2.24, 2.45) is 5.41 Å². The number of para-hydroxylation sites is 1. The van der Waals surface area contributed by atoms with E-state index in [0.29, 0.717) is 17.9 Å². The number of fused-ring (bicyclic) bond motifs is 1. The van der Waals surface area contributed by atoms with Crippen molar-refractivity contribution in [3.8, 4) is 11.5 Å². The first kappa shape index (κ1) is 27.1. The molecule has 1 atom stereocenters. The van der Waals surface area contributed by atoms with Gasteiger partial charge in [0.1, 0.15) is 41.6 Å². The quantitative estimate of drug-likeness (QED) is 0.272. The highest BCUT2D eigenvalue weighted by Gasteiger charge is 2.45. The molecular formula is C33H29FN4O4. The number of Topliss-reactive ketones (excluding diaryl/α,β-unsaturated/α-hetero) is 1. The zero-order valence-electron chi connectivity index (χ0n) is 23.2. The minimum atomic E-state index is -1.15. The summed E-state index contributed by atoms with van der Waals surface area (Å²) < 4.78 is 22.0. The molecule has 0 bridgehead atoms. The summed E-state index contributed by atoms with van der Waals surface area (Å²) in [5.74, 6) is -1.23. The van der Waals surface area contributed by atoms with Crippen LogP contribution < -0.4 is 15.0 Å². The molecule has 0 radical (unpaired) electrons. The molecule has 1 aliphatic carbocycles. The third-order valence-corrected chi connectivity index (χ3v) is 7.54. The molecule has 6 rings (SSSR count). The molecule has 2 aliphatic rings. The van der Waals surface area contributed by atoms with Crippen LogP contribution in [-0.2, 0) is 11.4 Å². The maximum atomic E-state index is 16.2. The molecule has 42 heavy (non-hydrogen) atoms. The number of amides is 1. The number of ketones is 1. The number of carbonyl (C=O) groups excluding carboxylic acids is 2. The van der Waals surface area contributed by atoms with Crippen molar-refractivity contribution >= 4 is 23.1 Å². The first-order valence-corrected chi connectivity index (χ1v) is 13.6. The van der Waals surface area contributed by atoms with Gasteiger partial charge >= 0.3 is 0 Å². The van der Waals surface area contributed by atoms with Crippen LogP contribution in [0.2, 0.25) is 0 Å². The summed E-state index contributed by atoms with van der Waals surface area (Å²) in [7, 11) is 0. The molecule has 0 saturated carbocycles. The lowest BCUT2D eigenvalue weighted by molar-refractivity contribution is -0.118. The number of nitrogens with zero attached hydrogens (tertiary/aromatic N) is 3. The van der Waals surface area contributed by atoms with E-state index in [-0.39, 0.29) is 52.8 Å². The van der Waals surface area contributed by atoms with Crippen molar-refractivity contribution in [3.05, 3.63) is 119 Å². The van der Waals surface area contributed by atoms with Gasteiger partial charge in [-0.2, -0.15) is 0 Å². The highest BCUT2D eigenvalue weighted by molar-refractivity contribution is 6.11. The van der Waals surface area contributed by atoms with Crippen LogP contribution in [-0.4, -0.2) is 26.8 Å². The number of anilines is 2. The number of hydrogen-bond acceptors (Lipinski definition) is 7. The number of rotatable bonds is 5. The van der Waals surface area contributed by atoms with E-state index in [9.17, 15) is 14.7 Å². The predicted molar refractivity (Wildman–Crippen MR) is 156 cm³/mol. The van der Waals surface area contributed by atoms with Crippen molar-refractivity contribution in [2.45, 2.75) is 39.3 Å². The second kappa shape index (κ2) is 10.7. The lowest BCUT2D eigenvalue weighted by atomic mass is 9.73. The average molecular weight is 565 g/mol. The first-order valence-electron chi connectivity index (χ1n) is 13.6. The number of nitrogens with one attached hydrogen (secondary N) is 1. The van der Waals surface area contributed by atoms with Gasteiger partial charge in [0.05, 0.1) is 11.7 Å². The number of phenolic OH excluding ortho intramolecular Hbond substituents is 1. The second-order valence-electron chi connectivity index (χ2n) is 11.3. The molecular weight excluding hydrogens is 535 g/mol. The lowest BCUT2D eigenvalue weighted by Crippen LogP contribution is -2.40. The van der Waals surface area contributed by atoms with Crippen LogP contribution in [0.4, 0.5) is 15.8 Å². The zero-order chi connectivity index (χ0) is 29.4. The summed E-state index contributed by atoms with van der Waals surface area (Å²) in [5, 5.41) is 14.2. The maximum Gasteiger partial charge on any atom is 0.277 e. The fourth-order valence-electron chi connectivity index (χ4n) is 5.66. The Kier molecular flexibility index (Phi) is 6.94. The van der Waals surface area contributed by atoms with Gasteiger partial charge < -0.3 is 15.2 Å². The molecule has 1 unspecified atom stereocenters. The van der Waals surface area contributed by atoms with Gasteiger partial charge in [-0.1, -0.05) is 50.2 Å². The molecule has 9 heteroatoms. The molecule has 2 N–H and O–H groups in total. The third-order valence-electron chi connectivity index (χ3n) is 7.54. The van der Waals surface area contributed by atoms with E-state index in [4.69, 9.17) is 4.74 Å². The molecule has 3 aromatic carbocycles. The molecule has 212 valence electrons. The zero-order valence-corrected chi connectivity index (χ0v) is 23.2. The molecule has 1 aliphatic heterocycles. The Labute approximate surface area is 242 Å². The van der Waals surface area contributed by atoms with E-state index in [0.717, 1.165) is 5.56 Å². The molecule has 0 spiro atoms. The minimum Gasteiger partial charge on any atom is -0.506 e. The number of phenols is 1. The van der Waals surface area contributed by atoms with Crippen molar-refractivity contribution in [3.63, 3.8) is 0 Å². The Morgan fingerprint density at radius 3 is 2.64 bits per heavy atom. The number of aromatic hydroxyl groups is 1. The number of benzene rings is 3. The van der Waals surface area contributed by atoms with Gasteiger partial charge in [0, 0.05) is 35.5 Å². The van der Waals surface area contributed by atoms with Crippen LogP contribution in [0.5, 0.6) is 11.5 Å². The first-order chi connectivity index (χ1) is 20.2. The summed E-state index contributed by atoms with van der Waals surface area (Å²) in [6, 6.07) is 19.0. The Morgan fingerprint density at radius 1 is 1.10 bits per heavy atom. The summed E-state index contributed by atoms with van der Waals surface area (Å²) in [6.45, 7) is 4.21. The second-order valence-corrected chi connectivity index (χ2v) is 11.3. The van der Waals surface area contributed by atoms with Crippen LogP contribution in [0.15, 0.2) is 96.6 Å². The van der Waals surface area contributed by atoms with E-state index in [2.05, 4.69) is 15.3 Å². The predicted octanol–water partition coefficient (Wildman–Crippen LogP) is 6.36. The van der Waals surface area contributed by atoms with Gasteiger partial charge in [-0.25, -0.2) is 14.4 Å². The topological polar surface area (TPSA) is 105 Å². The van der Waals surface area contributed by atoms with Crippen molar-refractivity contribution in [1.29, 1.82) is 0 Å². The highest BCUT2D eigenvalue weighted by Crippen LogP contribution is 2.51. The summed E-state index contributed by atoms with van der Waals surface area (Å²) in [5.41, 5.74) is 2.05. The van der Waals surface area contributed by atoms with Crippen LogP contribution >= 0.6 is 0 Å². The van der Waals surface area contributed by atoms with E-state index in [1.807, 2.05) is 44.2 Å². The molecule has 2 heterocycles. The van der Waals surface area contributed by atoms with Gasteiger partial charge in [0.2, 0.25) is 0 Å². The van der Waals surface area contributed by atoms with Gasteiger partial charge in [0.15, 0.2) is 5.78 Å². The average Bonchev–Trinajstić information content (AvgIpc) is 3.11. The summed E-state index contributed by atoms with van der Waals surface area (Å²) in [6.07, 6.45) is 3.35. The van der Waals surface area contributed by atoms with Gasteiger partial charge in [-0.15, -0.1) is 0 Å². The molecule has 1 amide bonds. The van der Waals surface area contributed by atoms with Gasteiger partial charge in [-0.05, 0) is 47.7 Å². The molecule has 4 aromatic rings. The number of ether oxygens (including phenoxy) is 1. The van der Waals surface area contributed by atoms with Crippen molar-refractivity contribution in [2.75, 3.05) is 10.2 Å². The summed E-state index contributed by atoms with van der Waals surface area (Å²) in [4.78, 5) is 37.5. The van der Waals surface area contributed by atoms with E-state index < -0.39 is 23.2 Å². The minimum absolute atomic E-state index is 0.0557. The number of halogens is 1. The van der Waals surface area contributed by atoms with E-state index >= 15 is 4.39 Å². The highest BCUT2D eigenvalue weighted by atomic mass is 19.1. The lowest BCUT2D eigenvalue weighted by Gasteiger charge is -2.37. The molecule has 8 nitrogen and oxygen atoms in total. The number of aromatic nitrogens is 2. The Balaban J connectivity index is 1.52. The molecule has 0 saturated heterocycles. The third kappa shape index (κ3) is 5.09. The smallest absolute Gasteiger partial charge is 0.277 e. The van der Waals surface area contributed by atoms with E-state index in [1.54, 1.807) is 24.3 Å². The van der Waals surface area contributed by atoms with Crippen LogP contribution in [0.1, 0.15) is 54.3 Å². The number of hydrogen-bond donors (Lipinski definition) is 2. The van der Waals surface area contributed by atoms with Crippen LogP contribution in [0, 0.1) is 11.2 Å². The summed E-state index contributed by atoms with van der Waals surface area (Å²) >= 11 is 0. The molecule has 0 fully saturated rings. The number of allylic oxidation sites excluding steroid dienone is 1. The van der Waals surface area contributed by atoms with Gasteiger partial charge in [0.25, 0.3) is 5.91 Å². The van der Waals surface area contributed by atoms with Crippen molar-refractivity contribution < 1.29 is 23.8 Å². The number of carbonyl (C=O) groups is 2. The maximum absolute atomic E-state index is 16.2. The van der Waals surface area contributed by atoms with Gasteiger partial charge in [-0.3, -0.25) is 14.5 Å². The van der Waals surface area contributed by atoms with Crippen molar-refractivity contribution in [1.82, 2.24) is 9.97 Å². The molecule has 1 aromatic heterocycles. The standard InChI is InChI=1S/C33H29FN4O4/c1-33(2)16-25-29(28(40)17-33)31(22-12-11-21(15-23(22)34)42-18-20-7-4-3-5-8-20)38(32(41)24-13-14-35-19-36-24)26-9-6-10-27(39)30(26)37-25/h3-15,19,31,37,39H,16-18H2,1-2H3. The monoisotopic (exact) mass is 564 g/mol.